The largest absolute Gasteiger partial charge is 0.497 e. The van der Waals surface area contributed by atoms with Crippen LogP contribution in [0.5, 0.6) is 11.5 Å². The Bertz CT molecular complexity index is 1330. The van der Waals surface area contributed by atoms with E-state index in [9.17, 15) is 8.78 Å². The second-order valence-corrected chi connectivity index (χ2v) is 8.18. The van der Waals surface area contributed by atoms with Gasteiger partial charge in [-0.2, -0.15) is 0 Å². The number of halogens is 2. The fourth-order valence-electron chi connectivity index (χ4n) is 4.53. The first-order chi connectivity index (χ1) is 16.6. The van der Waals surface area contributed by atoms with E-state index in [1.807, 2.05) is 42.5 Å². The van der Waals surface area contributed by atoms with Gasteiger partial charge in [0.1, 0.15) is 23.1 Å². The fourth-order valence-corrected chi connectivity index (χ4v) is 4.53. The summed E-state index contributed by atoms with van der Waals surface area (Å²) in [5.74, 6) is 0.665. The van der Waals surface area contributed by atoms with Gasteiger partial charge in [0.05, 0.1) is 26.0 Å². The molecule has 170 valence electrons. The fraction of sp³-hybridized carbons (Fsp3) is 0.138. The summed E-state index contributed by atoms with van der Waals surface area (Å²) in [4.78, 5) is 5.20. The molecule has 4 aromatic carbocycles. The molecule has 0 radical (unpaired) electrons. The van der Waals surface area contributed by atoms with E-state index in [0.717, 1.165) is 45.0 Å². The van der Waals surface area contributed by atoms with E-state index in [-0.39, 0.29) is 23.6 Å². The highest BCUT2D eigenvalue weighted by Gasteiger charge is 2.34. The van der Waals surface area contributed by atoms with Gasteiger partial charge >= 0.3 is 0 Å². The summed E-state index contributed by atoms with van der Waals surface area (Å²) >= 11 is 0. The zero-order chi connectivity index (χ0) is 23.7. The molecule has 1 aliphatic heterocycles. The third-order valence-electron chi connectivity index (χ3n) is 6.24. The first-order valence-corrected chi connectivity index (χ1v) is 11.0. The van der Waals surface area contributed by atoms with Gasteiger partial charge in [-0.25, -0.2) is 8.78 Å². The molecule has 5 heteroatoms. The Labute approximate surface area is 197 Å². The molecular formula is C29H23F2NO2. The first-order valence-electron chi connectivity index (χ1n) is 11.0. The summed E-state index contributed by atoms with van der Waals surface area (Å²) in [7, 11) is 3.26. The van der Waals surface area contributed by atoms with Crippen molar-refractivity contribution in [3.8, 4) is 11.5 Å². The van der Waals surface area contributed by atoms with Crippen molar-refractivity contribution >= 4 is 5.71 Å². The normalized spacial score (nSPS) is 17.0. The van der Waals surface area contributed by atoms with Crippen molar-refractivity contribution in [2.45, 2.75) is 12.0 Å². The molecule has 2 atom stereocenters. The lowest BCUT2D eigenvalue weighted by molar-refractivity contribution is 0.413. The van der Waals surface area contributed by atoms with Gasteiger partial charge in [0, 0.05) is 17.0 Å². The molecule has 0 fully saturated rings. The molecule has 0 amide bonds. The number of benzene rings is 4. The number of hydrogen-bond donors (Lipinski definition) is 0. The van der Waals surface area contributed by atoms with Crippen LogP contribution in [-0.4, -0.2) is 19.9 Å². The molecular weight excluding hydrogens is 432 g/mol. The lowest BCUT2D eigenvalue weighted by Gasteiger charge is -2.33. The number of nitrogens with zero attached hydrogens (tertiary/aromatic N) is 1. The average molecular weight is 456 g/mol. The van der Waals surface area contributed by atoms with Crippen LogP contribution < -0.4 is 9.47 Å². The van der Waals surface area contributed by atoms with Crippen molar-refractivity contribution in [1.82, 2.24) is 0 Å². The topological polar surface area (TPSA) is 30.8 Å². The molecule has 5 rings (SSSR count). The van der Waals surface area contributed by atoms with Crippen molar-refractivity contribution < 1.29 is 18.3 Å². The maximum Gasteiger partial charge on any atom is 0.123 e. The van der Waals surface area contributed by atoms with E-state index >= 15 is 0 Å². The Morgan fingerprint density at radius 3 is 1.79 bits per heavy atom. The standard InChI is InChI=1S/C29H23F2NO2/c1-33-23-13-7-19(8-14-23)28-25-16-15-24(34-2)17-26(25)27(18-3-9-21(30)10-4-18)29(32-28)20-5-11-22(31)12-6-20/h3-17,27,29H,1-2H3. The lowest BCUT2D eigenvalue weighted by Crippen LogP contribution is -2.23. The van der Waals surface area contributed by atoms with Crippen molar-refractivity contribution in [1.29, 1.82) is 0 Å². The summed E-state index contributed by atoms with van der Waals surface area (Å²) in [6.45, 7) is 0. The Kier molecular flexibility index (Phi) is 5.84. The van der Waals surface area contributed by atoms with Gasteiger partial charge in [-0.15, -0.1) is 0 Å². The van der Waals surface area contributed by atoms with Gasteiger partial charge in [-0.3, -0.25) is 4.99 Å². The molecule has 0 spiro atoms. The van der Waals surface area contributed by atoms with Crippen LogP contribution in [0.4, 0.5) is 8.78 Å². The number of ether oxygens (including phenoxy) is 2. The summed E-state index contributed by atoms with van der Waals surface area (Å²) < 4.78 is 38.4. The summed E-state index contributed by atoms with van der Waals surface area (Å²) in [6.07, 6.45) is 0. The second-order valence-electron chi connectivity index (χ2n) is 8.18. The summed E-state index contributed by atoms with van der Waals surface area (Å²) in [5, 5.41) is 0. The Morgan fingerprint density at radius 1 is 0.647 bits per heavy atom. The zero-order valence-electron chi connectivity index (χ0n) is 18.8. The molecule has 34 heavy (non-hydrogen) atoms. The minimum Gasteiger partial charge on any atom is -0.497 e. The highest BCUT2D eigenvalue weighted by molar-refractivity contribution is 6.14. The van der Waals surface area contributed by atoms with E-state index in [4.69, 9.17) is 14.5 Å². The molecule has 1 heterocycles. The molecule has 1 aliphatic rings. The minimum absolute atomic E-state index is 0.210. The molecule has 0 bridgehead atoms. The Balaban J connectivity index is 1.75. The van der Waals surface area contributed by atoms with Gasteiger partial charge in [0.15, 0.2) is 0 Å². The van der Waals surface area contributed by atoms with Gasteiger partial charge < -0.3 is 9.47 Å². The van der Waals surface area contributed by atoms with Gasteiger partial charge in [0.2, 0.25) is 0 Å². The number of fused-ring (bicyclic) bond motifs is 1. The van der Waals surface area contributed by atoms with Crippen LogP contribution in [0.1, 0.15) is 39.8 Å². The third-order valence-corrected chi connectivity index (χ3v) is 6.24. The third kappa shape index (κ3) is 4.05. The van der Waals surface area contributed by atoms with Crippen molar-refractivity contribution in [3.05, 3.63) is 130 Å². The summed E-state index contributed by atoms with van der Waals surface area (Å²) in [5.41, 5.74) is 5.54. The van der Waals surface area contributed by atoms with Gasteiger partial charge in [0.25, 0.3) is 0 Å². The molecule has 2 unspecified atom stereocenters. The number of aliphatic imine (C=N–C) groups is 1. The predicted octanol–water partition coefficient (Wildman–Crippen LogP) is 6.71. The number of rotatable bonds is 5. The maximum absolute atomic E-state index is 13.8. The molecule has 0 N–H and O–H groups in total. The molecule has 0 saturated carbocycles. The molecule has 0 aromatic heterocycles. The molecule has 0 saturated heterocycles. The van der Waals surface area contributed by atoms with E-state index in [1.165, 1.54) is 24.3 Å². The summed E-state index contributed by atoms with van der Waals surface area (Å²) in [6, 6.07) is 26.3. The van der Waals surface area contributed by atoms with E-state index < -0.39 is 0 Å². The second kappa shape index (κ2) is 9.10. The van der Waals surface area contributed by atoms with Gasteiger partial charge in [-0.1, -0.05) is 24.3 Å². The number of hydrogen-bond acceptors (Lipinski definition) is 3. The lowest BCUT2D eigenvalue weighted by atomic mass is 9.76. The van der Waals surface area contributed by atoms with E-state index in [0.29, 0.717) is 0 Å². The molecule has 0 aliphatic carbocycles. The van der Waals surface area contributed by atoms with Crippen molar-refractivity contribution in [3.63, 3.8) is 0 Å². The van der Waals surface area contributed by atoms with Crippen LogP contribution in [0.15, 0.2) is 96.0 Å². The smallest absolute Gasteiger partial charge is 0.123 e. The zero-order valence-corrected chi connectivity index (χ0v) is 18.8. The van der Waals surface area contributed by atoms with Crippen LogP contribution in [0, 0.1) is 11.6 Å². The van der Waals surface area contributed by atoms with Crippen molar-refractivity contribution in [2.24, 2.45) is 4.99 Å². The van der Waals surface area contributed by atoms with Crippen LogP contribution in [0.3, 0.4) is 0 Å². The quantitative estimate of drug-likeness (QED) is 0.335. The maximum atomic E-state index is 13.8. The van der Waals surface area contributed by atoms with Crippen LogP contribution in [-0.2, 0) is 0 Å². The predicted molar refractivity (Wildman–Crippen MR) is 129 cm³/mol. The monoisotopic (exact) mass is 455 g/mol. The first kappa shape index (κ1) is 21.8. The van der Waals surface area contributed by atoms with Crippen LogP contribution >= 0.6 is 0 Å². The minimum atomic E-state index is -0.345. The average Bonchev–Trinajstić information content (AvgIpc) is 2.88. The SMILES string of the molecule is COc1ccc(C2=NC(c3ccc(F)cc3)C(c3ccc(F)cc3)c3cc(OC)ccc32)cc1. The molecule has 3 nitrogen and oxygen atoms in total. The number of methoxy groups -OCH3 is 2. The van der Waals surface area contributed by atoms with Gasteiger partial charge in [-0.05, 0) is 83.4 Å². The Hall–Kier alpha value is -3.99. The Morgan fingerprint density at radius 2 is 1.21 bits per heavy atom. The van der Waals surface area contributed by atoms with E-state index in [2.05, 4.69) is 0 Å². The van der Waals surface area contributed by atoms with Crippen LogP contribution in [0.25, 0.3) is 0 Å². The van der Waals surface area contributed by atoms with E-state index in [1.54, 1.807) is 38.5 Å². The highest BCUT2D eigenvalue weighted by atomic mass is 19.1. The van der Waals surface area contributed by atoms with Crippen LogP contribution in [0.2, 0.25) is 0 Å². The molecule has 4 aromatic rings. The highest BCUT2D eigenvalue weighted by Crippen LogP contribution is 2.46. The van der Waals surface area contributed by atoms with Crippen molar-refractivity contribution in [2.75, 3.05) is 14.2 Å².